The van der Waals surface area contributed by atoms with Crippen molar-refractivity contribution in [2.45, 2.75) is 13.5 Å². The number of ether oxygens (including phenoxy) is 3. The number of aromatic nitrogens is 4. The summed E-state index contributed by atoms with van der Waals surface area (Å²) in [6, 6.07) is 12.4. The van der Waals surface area contributed by atoms with E-state index in [2.05, 4.69) is 20.7 Å². The van der Waals surface area contributed by atoms with Gasteiger partial charge < -0.3 is 19.5 Å². The van der Waals surface area contributed by atoms with Crippen LogP contribution >= 0.6 is 0 Å². The minimum Gasteiger partial charge on any atom is -0.494 e. The van der Waals surface area contributed by atoms with Crippen LogP contribution in [0.5, 0.6) is 17.2 Å². The van der Waals surface area contributed by atoms with Gasteiger partial charge in [0.25, 0.3) is 0 Å². The molecular weight excluding hydrogens is 362 g/mol. The fraction of sp³-hybridized carbons (Fsp3) is 0.263. The van der Waals surface area contributed by atoms with E-state index >= 15 is 0 Å². The monoisotopic (exact) mass is 383 g/mol. The quantitative estimate of drug-likeness (QED) is 0.637. The second-order valence-electron chi connectivity index (χ2n) is 5.72. The van der Waals surface area contributed by atoms with Gasteiger partial charge >= 0.3 is 0 Å². The van der Waals surface area contributed by atoms with Gasteiger partial charge in [-0.15, -0.1) is 10.2 Å². The van der Waals surface area contributed by atoms with E-state index in [0.717, 1.165) is 5.75 Å². The number of carbonyl (C=O) groups is 1. The van der Waals surface area contributed by atoms with Crippen LogP contribution in [-0.2, 0) is 11.3 Å². The zero-order valence-electron chi connectivity index (χ0n) is 15.9. The highest BCUT2D eigenvalue weighted by Gasteiger charge is 2.12. The van der Waals surface area contributed by atoms with Gasteiger partial charge in [0.05, 0.1) is 20.8 Å². The number of nitrogens with one attached hydrogen (secondary N) is 1. The van der Waals surface area contributed by atoms with Crippen LogP contribution in [-0.4, -0.2) is 46.9 Å². The Bertz CT molecular complexity index is 940. The minimum atomic E-state index is -0.263. The molecule has 0 aliphatic carbocycles. The Hall–Kier alpha value is -3.62. The number of rotatable bonds is 8. The van der Waals surface area contributed by atoms with E-state index < -0.39 is 0 Å². The third-order valence-electron chi connectivity index (χ3n) is 3.83. The van der Waals surface area contributed by atoms with Gasteiger partial charge in [0, 0.05) is 11.3 Å². The van der Waals surface area contributed by atoms with E-state index in [0.29, 0.717) is 35.2 Å². The van der Waals surface area contributed by atoms with Gasteiger partial charge in [-0.1, -0.05) is 0 Å². The summed E-state index contributed by atoms with van der Waals surface area (Å²) in [6.07, 6.45) is 0. The number of benzene rings is 2. The first kappa shape index (κ1) is 19.2. The van der Waals surface area contributed by atoms with E-state index in [1.807, 2.05) is 6.92 Å². The molecule has 0 fully saturated rings. The number of carbonyl (C=O) groups excluding carboxylic acids is 1. The normalized spacial score (nSPS) is 10.4. The first-order valence-electron chi connectivity index (χ1n) is 8.66. The second-order valence-corrected chi connectivity index (χ2v) is 5.72. The van der Waals surface area contributed by atoms with E-state index in [4.69, 9.17) is 14.2 Å². The molecule has 0 aliphatic heterocycles. The molecule has 9 heteroatoms. The molecule has 3 rings (SSSR count). The molecule has 1 heterocycles. The third-order valence-corrected chi connectivity index (χ3v) is 3.83. The molecule has 0 aliphatic rings. The summed E-state index contributed by atoms with van der Waals surface area (Å²) in [6.45, 7) is 2.44. The van der Waals surface area contributed by atoms with Crippen LogP contribution in [0.15, 0.2) is 42.5 Å². The Morgan fingerprint density at radius 3 is 2.50 bits per heavy atom. The Kier molecular flexibility index (Phi) is 6.05. The molecule has 146 valence electrons. The lowest BCUT2D eigenvalue weighted by Crippen LogP contribution is -2.20. The van der Waals surface area contributed by atoms with Crippen molar-refractivity contribution in [2.24, 2.45) is 0 Å². The van der Waals surface area contributed by atoms with Crippen molar-refractivity contribution in [3.63, 3.8) is 0 Å². The molecule has 0 spiro atoms. The van der Waals surface area contributed by atoms with Crippen molar-refractivity contribution in [3.8, 4) is 28.6 Å². The van der Waals surface area contributed by atoms with Crippen molar-refractivity contribution < 1.29 is 19.0 Å². The summed E-state index contributed by atoms with van der Waals surface area (Å²) >= 11 is 0. The zero-order valence-corrected chi connectivity index (χ0v) is 15.9. The molecule has 1 aromatic heterocycles. The number of hydrogen-bond acceptors (Lipinski definition) is 7. The summed E-state index contributed by atoms with van der Waals surface area (Å²) < 4.78 is 15.9. The molecule has 9 nitrogen and oxygen atoms in total. The van der Waals surface area contributed by atoms with E-state index in [1.54, 1.807) is 56.7 Å². The van der Waals surface area contributed by atoms with Gasteiger partial charge in [-0.2, -0.15) is 4.80 Å². The SMILES string of the molecule is CCOc1ccc(NC(=O)Cn2nnc(-c3ccc(OC)c(OC)c3)n2)cc1. The van der Waals surface area contributed by atoms with Crippen LogP contribution in [0.2, 0.25) is 0 Å². The molecule has 0 radical (unpaired) electrons. The van der Waals surface area contributed by atoms with Crippen LogP contribution in [0.3, 0.4) is 0 Å². The number of nitrogens with zero attached hydrogens (tertiary/aromatic N) is 4. The third kappa shape index (κ3) is 4.56. The Labute approximate surface area is 162 Å². The Balaban J connectivity index is 1.64. The van der Waals surface area contributed by atoms with Gasteiger partial charge in [-0.3, -0.25) is 4.79 Å². The van der Waals surface area contributed by atoms with Gasteiger partial charge in [0.15, 0.2) is 11.5 Å². The smallest absolute Gasteiger partial charge is 0.248 e. The Morgan fingerprint density at radius 2 is 1.82 bits per heavy atom. The summed E-state index contributed by atoms with van der Waals surface area (Å²) in [5.74, 6) is 2.03. The largest absolute Gasteiger partial charge is 0.494 e. The van der Waals surface area contributed by atoms with Crippen LogP contribution in [0.1, 0.15) is 6.92 Å². The van der Waals surface area contributed by atoms with Crippen LogP contribution in [0.25, 0.3) is 11.4 Å². The number of methoxy groups -OCH3 is 2. The molecule has 28 heavy (non-hydrogen) atoms. The molecule has 1 N–H and O–H groups in total. The minimum absolute atomic E-state index is 0.0620. The first-order valence-corrected chi connectivity index (χ1v) is 8.66. The topological polar surface area (TPSA) is 100 Å². The van der Waals surface area contributed by atoms with E-state index in [1.165, 1.54) is 4.80 Å². The first-order chi connectivity index (χ1) is 13.6. The molecule has 0 bridgehead atoms. The average Bonchev–Trinajstić information content (AvgIpc) is 3.17. The summed E-state index contributed by atoms with van der Waals surface area (Å²) in [5, 5.41) is 15.0. The van der Waals surface area contributed by atoms with Crippen molar-refractivity contribution in [3.05, 3.63) is 42.5 Å². The predicted molar refractivity (Wildman–Crippen MR) is 103 cm³/mol. The van der Waals surface area contributed by atoms with Crippen LogP contribution in [0, 0.1) is 0 Å². The average molecular weight is 383 g/mol. The van der Waals surface area contributed by atoms with Crippen molar-refractivity contribution in [2.75, 3.05) is 26.1 Å². The lowest BCUT2D eigenvalue weighted by molar-refractivity contribution is -0.117. The maximum atomic E-state index is 12.2. The molecule has 0 unspecified atom stereocenters. The highest BCUT2D eigenvalue weighted by Crippen LogP contribution is 2.30. The molecule has 0 saturated carbocycles. The Morgan fingerprint density at radius 1 is 1.07 bits per heavy atom. The molecule has 3 aromatic rings. The second kappa shape index (κ2) is 8.85. The number of amides is 1. The maximum Gasteiger partial charge on any atom is 0.248 e. The van der Waals surface area contributed by atoms with Gasteiger partial charge in [0.1, 0.15) is 12.3 Å². The number of hydrogen-bond donors (Lipinski definition) is 1. The fourth-order valence-corrected chi connectivity index (χ4v) is 2.53. The van der Waals surface area contributed by atoms with Crippen LogP contribution < -0.4 is 19.5 Å². The van der Waals surface area contributed by atoms with Crippen LogP contribution in [0.4, 0.5) is 5.69 Å². The van der Waals surface area contributed by atoms with Crippen molar-refractivity contribution in [1.29, 1.82) is 0 Å². The predicted octanol–water partition coefficient (Wildman–Crippen LogP) is 2.39. The fourth-order valence-electron chi connectivity index (χ4n) is 2.53. The summed E-state index contributed by atoms with van der Waals surface area (Å²) in [4.78, 5) is 13.4. The molecular formula is C19H21N5O4. The summed E-state index contributed by atoms with van der Waals surface area (Å²) in [7, 11) is 3.12. The highest BCUT2D eigenvalue weighted by molar-refractivity contribution is 5.90. The molecule has 0 saturated heterocycles. The van der Waals surface area contributed by atoms with Gasteiger partial charge in [0.2, 0.25) is 11.7 Å². The molecule has 1 amide bonds. The van der Waals surface area contributed by atoms with Crippen molar-refractivity contribution in [1.82, 2.24) is 20.2 Å². The van der Waals surface area contributed by atoms with Gasteiger partial charge in [-0.25, -0.2) is 0 Å². The van der Waals surface area contributed by atoms with E-state index in [9.17, 15) is 4.79 Å². The van der Waals surface area contributed by atoms with Gasteiger partial charge in [-0.05, 0) is 54.6 Å². The number of tetrazole rings is 1. The maximum absolute atomic E-state index is 12.2. The lowest BCUT2D eigenvalue weighted by atomic mass is 10.2. The molecule has 0 atom stereocenters. The zero-order chi connectivity index (χ0) is 19.9. The number of anilines is 1. The van der Waals surface area contributed by atoms with Crippen molar-refractivity contribution >= 4 is 11.6 Å². The van der Waals surface area contributed by atoms with E-state index in [-0.39, 0.29) is 12.5 Å². The summed E-state index contributed by atoms with van der Waals surface area (Å²) in [5.41, 5.74) is 1.37. The molecule has 2 aromatic carbocycles. The lowest BCUT2D eigenvalue weighted by Gasteiger charge is -2.07. The highest BCUT2D eigenvalue weighted by atomic mass is 16.5. The standard InChI is InChI=1S/C19H21N5O4/c1-4-28-15-8-6-14(7-9-15)20-18(25)12-24-22-19(21-23-24)13-5-10-16(26-2)17(11-13)27-3/h5-11H,4,12H2,1-3H3,(H,20,25).